The molecule has 0 aliphatic heterocycles. The summed E-state index contributed by atoms with van der Waals surface area (Å²) < 4.78 is 0. The first kappa shape index (κ1) is 13.3. The third kappa shape index (κ3) is 2.75. The number of fused-ring (bicyclic) bond motifs is 1. The Morgan fingerprint density at radius 2 is 2.14 bits per heavy atom. The molecule has 0 saturated heterocycles. The first-order chi connectivity index (χ1) is 10.3. The van der Waals surface area contributed by atoms with Crippen molar-refractivity contribution in [2.75, 3.05) is 0 Å². The smallest absolute Gasteiger partial charge is 0.251 e. The Kier molecular flexibility index (Phi) is 3.61. The van der Waals surface area contributed by atoms with Gasteiger partial charge in [-0.25, -0.2) is 9.97 Å². The van der Waals surface area contributed by atoms with E-state index in [2.05, 4.69) is 15.3 Å². The molecule has 2 aromatic rings. The molecule has 1 N–H and O–H groups in total. The number of nitriles is 1. The Hall–Kier alpha value is -2.74. The highest BCUT2D eigenvalue weighted by Gasteiger charge is 2.23. The molecule has 21 heavy (non-hydrogen) atoms. The summed E-state index contributed by atoms with van der Waals surface area (Å²) in [7, 11) is 0. The molecule has 0 saturated carbocycles. The predicted octanol–water partition coefficient (Wildman–Crippen LogP) is 2.16. The lowest BCUT2D eigenvalue weighted by molar-refractivity contribution is 0.0932. The predicted molar refractivity (Wildman–Crippen MR) is 76.3 cm³/mol. The van der Waals surface area contributed by atoms with Gasteiger partial charge in [-0.05, 0) is 43.5 Å². The van der Waals surface area contributed by atoms with Crippen molar-refractivity contribution in [1.82, 2.24) is 15.3 Å². The van der Waals surface area contributed by atoms with Crippen LogP contribution in [0, 0.1) is 11.3 Å². The van der Waals surface area contributed by atoms with Crippen LogP contribution in [0.3, 0.4) is 0 Å². The molecule has 1 aromatic heterocycles. The van der Waals surface area contributed by atoms with Gasteiger partial charge in [-0.3, -0.25) is 4.79 Å². The zero-order chi connectivity index (χ0) is 14.7. The summed E-state index contributed by atoms with van der Waals surface area (Å²) in [6.45, 7) is 0. The summed E-state index contributed by atoms with van der Waals surface area (Å²) in [4.78, 5) is 20.6. The Morgan fingerprint density at radius 3 is 2.90 bits per heavy atom. The van der Waals surface area contributed by atoms with E-state index in [0.717, 1.165) is 30.5 Å². The average molecular weight is 278 g/mol. The molecule has 0 radical (unpaired) electrons. The van der Waals surface area contributed by atoms with Crippen LogP contribution in [0.1, 0.15) is 46.1 Å². The Labute approximate surface area is 122 Å². The molecular weight excluding hydrogens is 264 g/mol. The molecule has 0 unspecified atom stereocenters. The van der Waals surface area contributed by atoms with Crippen molar-refractivity contribution in [3.63, 3.8) is 0 Å². The largest absolute Gasteiger partial charge is 0.345 e. The number of aromatic nitrogens is 2. The van der Waals surface area contributed by atoms with Crippen molar-refractivity contribution in [1.29, 1.82) is 5.26 Å². The van der Waals surface area contributed by atoms with Gasteiger partial charge < -0.3 is 5.32 Å². The first-order valence-corrected chi connectivity index (χ1v) is 6.88. The number of carbonyl (C=O) groups is 1. The highest BCUT2D eigenvalue weighted by atomic mass is 16.1. The Bertz CT molecular complexity index is 703. The molecule has 104 valence electrons. The molecule has 1 aliphatic rings. The lowest BCUT2D eigenvalue weighted by atomic mass is 9.92. The minimum Gasteiger partial charge on any atom is -0.345 e. The molecule has 5 heteroatoms. The van der Waals surface area contributed by atoms with Crippen molar-refractivity contribution < 1.29 is 4.79 Å². The summed E-state index contributed by atoms with van der Waals surface area (Å²) in [6.07, 6.45) is 6.15. The van der Waals surface area contributed by atoms with Crippen LogP contribution in [0.2, 0.25) is 0 Å². The van der Waals surface area contributed by atoms with Gasteiger partial charge >= 0.3 is 0 Å². The van der Waals surface area contributed by atoms with E-state index in [1.54, 1.807) is 36.8 Å². The number of nitrogens with one attached hydrogen (secondary N) is 1. The molecule has 0 fully saturated rings. The minimum atomic E-state index is -0.138. The van der Waals surface area contributed by atoms with Crippen LogP contribution in [-0.4, -0.2) is 15.9 Å². The van der Waals surface area contributed by atoms with E-state index in [1.165, 1.54) is 0 Å². The molecule has 1 aromatic carbocycles. The maximum Gasteiger partial charge on any atom is 0.251 e. The van der Waals surface area contributed by atoms with E-state index in [9.17, 15) is 4.79 Å². The molecule has 1 atom stereocenters. The van der Waals surface area contributed by atoms with Crippen LogP contribution in [0.25, 0.3) is 0 Å². The van der Waals surface area contributed by atoms with Gasteiger partial charge in [0.2, 0.25) is 0 Å². The molecule has 1 heterocycles. The maximum absolute atomic E-state index is 12.3. The van der Waals surface area contributed by atoms with Gasteiger partial charge in [-0.1, -0.05) is 0 Å². The standard InChI is InChI=1S/C16H14N4O/c17-8-11-4-6-12(7-5-11)16(21)20-15-3-1-2-14-13(15)9-18-10-19-14/h4-7,9-10,15H,1-3H2,(H,20,21)/t15-/m0/s1. The quantitative estimate of drug-likeness (QED) is 0.913. The third-order valence-corrected chi connectivity index (χ3v) is 3.69. The van der Waals surface area contributed by atoms with Crippen molar-refractivity contribution >= 4 is 5.91 Å². The molecule has 1 amide bonds. The maximum atomic E-state index is 12.3. The Morgan fingerprint density at radius 1 is 1.33 bits per heavy atom. The summed E-state index contributed by atoms with van der Waals surface area (Å²) in [5.41, 5.74) is 3.12. The van der Waals surface area contributed by atoms with Gasteiger partial charge in [0.1, 0.15) is 6.33 Å². The van der Waals surface area contributed by atoms with Crippen LogP contribution < -0.4 is 5.32 Å². The summed E-state index contributed by atoms with van der Waals surface area (Å²) in [5.74, 6) is -0.138. The van der Waals surface area contributed by atoms with Gasteiger partial charge in [0, 0.05) is 23.0 Å². The second-order valence-corrected chi connectivity index (χ2v) is 5.03. The lowest BCUT2D eigenvalue weighted by Gasteiger charge is -2.25. The zero-order valence-electron chi connectivity index (χ0n) is 11.4. The number of hydrogen-bond donors (Lipinski definition) is 1. The number of amides is 1. The van der Waals surface area contributed by atoms with Crippen LogP contribution in [0.5, 0.6) is 0 Å². The van der Waals surface area contributed by atoms with E-state index in [4.69, 9.17) is 5.26 Å². The fourth-order valence-electron chi connectivity index (χ4n) is 2.58. The second-order valence-electron chi connectivity index (χ2n) is 5.03. The number of aryl methyl sites for hydroxylation is 1. The van der Waals surface area contributed by atoms with Crippen molar-refractivity contribution in [2.24, 2.45) is 0 Å². The van der Waals surface area contributed by atoms with Gasteiger partial charge in [-0.2, -0.15) is 5.26 Å². The van der Waals surface area contributed by atoms with Crippen LogP contribution >= 0.6 is 0 Å². The summed E-state index contributed by atoms with van der Waals surface area (Å²) in [6, 6.07) is 8.62. The van der Waals surface area contributed by atoms with Gasteiger partial charge in [0.05, 0.1) is 17.7 Å². The minimum absolute atomic E-state index is 0.0434. The highest BCUT2D eigenvalue weighted by Crippen LogP contribution is 2.27. The van der Waals surface area contributed by atoms with Crippen LogP contribution in [0.15, 0.2) is 36.8 Å². The molecule has 3 rings (SSSR count). The number of carbonyl (C=O) groups excluding carboxylic acids is 1. The van der Waals surface area contributed by atoms with Gasteiger partial charge in [-0.15, -0.1) is 0 Å². The van der Waals surface area contributed by atoms with E-state index in [1.807, 2.05) is 6.07 Å². The van der Waals surface area contributed by atoms with Crippen molar-refractivity contribution in [3.05, 3.63) is 59.2 Å². The van der Waals surface area contributed by atoms with E-state index >= 15 is 0 Å². The van der Waals surface area contributed by atoms with Crippen LogP contribution in [0.4, 0.5) is 0 Å². The lowest BCUT2D eigenvalue weighted by Crippen LogP contribution is -2.31. The van der Waals surface area contributed by atoms with E-state index < -0.39 is 0 Å². The second kappa shape index (κ2) is 5.71. The first-order valence-electron chi connectivity index (χ1n) is 6.88. The van der Waals surface area contributed by atoms with E-state index in [0.29, 0.717) is 11.1 Å². The van der Waals surface area contributed by atoms with Crippen molar-refractivity contribution in [3.8, 4) is 6.07 Å². The number of hydrogen-bond acceptors (Lipinski definition) is 4. The van der Waals surface area contributed by atoms with E-state index in [-0.39, 0.29) is 11.9 Å². The normalized spacial score (nSPS) is 16.6. The van der Waals surface area contributed by atoms with Gasteiger partial charge in [0.25, 0.3) is 5.91 Å². The highest BCUT2D eigenvalue weighted by molar-refractivity contribution is 5.94. The molecular formula is C16H14N4O. The van der Waals surface area contributed by atoms with Crippen molar-refractivity contribution in [2.45, 2.75) is 25.3 Å². The fraction of sp³-hybridized carbons (Fsp3) is 0.250. The average Bonchev–Trinajstić information content (AvgIpc) is 2.55. The van der Waals surface area contributed by atoms with Gasteiger partial charge in [0.15, 0.2) is 0 Å². The monoisotopic (exact) mass is 278 g/mol. The summed E-state index contributed by atoms with van der Waals surface area (Å²) >= 11 is 0. The van der Waals surface area contributed by atoms with Crippen LogP contribution in [-0.2, 0) is 6.42 Å². The molecule has 1 aliphatic carbocycles. The molecule has 0 bridgehead atoms. The molecule has 0 spiro atoms. The fourth-order valence-corrected chi connectivity index (χ4v) is 2.58. The Balaban J connectivity index is 1.78. The third-order valence-electron chi connectivity index (χ3n) is 3.69. The topological polar surface area (TPSA) is 78.7 Å². The number of rotatable bonds is 2. The number of benzene rings is 1. The summed E-state index contributed by atoms with van der Waals surface area (Å²) in [5, 5.41) is 11.8. The zero-order valence-corrected chi connectivity index (χ0v) is 11.4. The number of nitrogens with zero attached hydrogens (tertiary/aromatic N) is 3. The molecule has 5 nitrogen and oxygen atoms in total. The SMILES string of the molecule is N#Cc1ccc(C(=O)N[C@H]2CCCc3ncncc32)cc1.